The van der Waals surface area contributed by atoms with Crippen molar-refractivity contribution in [3.05, 3.63) is 65.4 Å². The van der Waals surface area contributed by atoms with E-state index in [2.05, 4.69) is 45.2 Å². The molecule has 0 aromatic heterocycles. The standard InChI is InChI=1S/C20H16FI2NO3S/c1-2-6-24-19(25)17(28-20(24)26)10-13-8-15(22)18(16(23)9-13)27-11-12-4-3-5-14(21)7-12/h3-5,7-10H,2,6,11H2,1H3/b17-10+. The zero-order valence-corrected chi connectivity index (χ0v) is 20.0. The number of nitrogens with zero attached hydrogens (tertiary/aromatic N) is 1. The normalized spacial score (nSPS) is 15.6. The quantitative estimate of drug-likeness (QED) is 0.290. The summed E-state index contributed by atoms with van der Waals surface area (Å²) in [5.41, 5.74) is 1.58. The number of thioether (sulfide) groups is 1. The van der Waals surface area contributed by atoms with Gasteiger partial charge in [0.2, 0.25) is 0 Å². The molecule has 1 fully saturated rings. The average molecular weight is 623 g/mol. The van der Waals surface area contributed by atoms with Gasteiger partial charge in [-0.15, -0.1) is 0 Å². The van der Waals surface area contributed by atoms with Gasteiger partial charge in [-0.05, 0) is 105 Å². The summed E-state index contributed by atoms with van der Waals surface area (Å²) in [4.78, 5) is 26.1. The Bertz CT molecular complexity index is 941. The van der Waals surface area contributed by atoms with E-state index >= 15 is 0 Å². The molecule has 1 saturated heterocycles. The number of hydrogen-bond acceptors (Lipinski definition) is 4. The zero-order valence-electron chi connectivity index (χ0n) is 14.9. The van der Waals surface area contributed by atoms with Gasteiger partial charge >= 0.3 is 0 Å². The van der Waals surface area contributed by atoms with Crippen LogP contribution in [0.3, 0.4) is 0 Å². The number of imide groups is 1. The summed E-state index contributed by atoms with van der Waals surface area (Å²) in [6.45, 7) is 2.63. The third-order valence-electron chi connectivity index (χ3n) is 3.91. The second-order valence-electron chi connectivity index (χ2n) is 6.07. The van der Waals surface area contributed by atoms with Crippen molar-refractivity contribution in [1.82, 2.24) is 4.90 Å². The highest BCUT2D eigenvalue weighted by Gasteiger charge is 2.34. The Kier molecular flexibility index (Phi) is 7.37. The second kappa shape index (κ2) is 9.57. The van der Waals surface area contributed by atoms with Crippen LogP contribution in [0.4, 0.5) is 9.18 Å². The number of rotatable bonds is 6. The molecule has 1 heterocycles. The molecule has 1 aliphatic heterocycles. The van der Waals surface area contributed by atoms with Crippen molar-refractivity contribution in [1.29, 1.82) is 0 Å². The molecule has 0 unspecified atom stereocenters. The summed E-state index contributed by atoms with van der Waals surface area (Å²) in [5.74, 6) is 0.174. The Morgan fingerprint density at radius 1 is 1.18 bits per heavy atom. The predicted octanol–water partition coefficient (Wildman–Crippen LogP) is 6.06. The highest BCUT2D eigenvalue weighted by molar-refractivity contribution is 14.1. The van der Waals surface area contributed by atoms with E-state index in [1.807, 2.05) is 25.1 Å². The third kappa shape index (κ3) is 5.07. The van der Waals surface area contributed by atoms with Gasteiger partial charge in [-0.2, -0.15) is 0 Å². The van der Waals surface area contributed by atoms with Crippen LogP contribution in [0, 0.1) is 13.0 Å². The lowest BCUT2D eigenvalue weighted by Gasteiger charge is -2.12. The van der Waals surface area contributed by atoms with E-state index in [1.165, 1.54) is 17.0 Å². The molecule has 1 aliphatic rings. The van der Waals surface area contributed by atoms with E-state index in [4.69, 9.17) is 4.74 Å². The third-order valence-corrected chi connectivity index (χ3v) is 6.42. The van der Waals surface area contributed by atoms with Gasteiger partial charge in [-0.3, -0.25) is 14.5 Å². The minimum absolute atomic E-state index is 0.224. The summed E-state index contributed by atoms with van der Waals surface area (Å²) in [6.07, 6.45) is 2.47. The van der Waals surface area contributed by atoms with Gasteiger partial charge in [0, 0.05) is 6.54 Å². The molecule has 2 aromatic carbocycles. The van der Waals surface area contributed by atoms with Crippen molar-refractivity contribution < 1.29 is 18.7 Å². The van der Waals surface area contributed by atoms with Crippen molar-refractivity contribution in [3.8, 4) is 5.75 Å². The fourth-order valence-electron chi connectivity index (χ4n) is 2.65. The van der Waals surface area contributed by atoms with Crippen LogP contribution in [0.5, 0.6) is 5.75 Å². The van der Waals surface area contributed by atoms with Crippen molar-refractivity contribution in [2.75, 3.05) is 6.54 Å². The lowest BCUT2D eigenvalue weighted by molar-refractivity contribution is -0.122. The van der Waals surface area contributed by atoms with Gasteiger partial charge in [0.05, 0.1) is 12.0 Å². The summed E-state index contributed by atoms with van der Waals surface area (Å²) < 4.78 is 20.9. The first-order valence-corrected chi connectivity index (χ1v) is 11.5. The van der Waals surface area contributed by atoms with Crippen LogP contribution in [0.25, 0.3) is 6.08 Å². The molecule has 28 heavy (non-hydrogen) atoms. The van der Waals surface area contributed by atoms with Gasteiger partial charge in [-0.25, -0.2) is 4.39 Å². The highest BCUT2D eigenvalue weighted by Crippen LogP contribution is 2.35. The maximum atomic E-state index is 13.3. The van der Waals surface area contributed by atoms with Crippen molar-refractivity contribution >= 4 is 74.2 Å². The molecule has 146 valence electrons. The van der Waals surface area contributed by atoms with E-state index in [0.29, 0.717) is 17.2 Å². The Morgan fingerprint density at radius 2 is 1.89 bits per heavy atom. The monoisotopic (exact) mass is 623 g/mol. The van der Waals surface area contributed by atoms with E-state index in [1.54, 1.807) is 12.1 Å². The van der Waals surface area contributed by atoms with Crippen LogP contribution in [0.15, 0.2) is 41.3 Å². The van der Waals surface area contributed by atoms with Crippen molar-refractivity contribution in [3.63, 3.8) is 0 Å². The van der Waals surface area contributed by atoms with Crippen LogP contribution in [0.2, 0.25) is 0 Å². The van der Waals surface area contributed by atoms with Crippen molar-refractivity contribution in [2.24, 2.45) is 0 Å². The molecule has 0 bridgehead atoms. The number of benzene rings is 2. The number of carbonyl (C=O) groups is 2. The largest absolute Gasteiger partial charge is 0.487 e. The zero-order chi connectivity index (χ0) is 20.3. The Hall–Kier alpha value is -1.14. The van der Waals surface area contributed by atoms with Gasteiger partial charge in [0.1, 0.15) is 18.2 Å². The molecule has 0 saturated carbocycles. The molecule has 2 amide bonds. The molecule has 2 aromatic rings. The van der Waals surface area contributed by atoms with Gasteiger partial charge < -0.3 is 4.74 Å². The maximum absolute atomic E-state index is 13.3. The molecule has 0 radical (unpaired) electrons. The number of hydrogen-bond donors (Lipinski definition) is 0. The van der Waals surface area contributed by atoms with E-state index in [9.17, 15) is 14.0 Å². The summed E-state index contributed by atoms with van der Waals surface area (Å²) >= 11 is 5.31. The topological polar surface area (TPSA) is 46.6 Å². The molecule has 0 aliphatic carbocycles. The molecule has 0 spiro atoms. The first kappa shape index (κ1) is 21.6. The summed E-state index contributed by atoms with van der Waals surface area (Å²) in [7, 11) is 0. The minimum atomic E-state index is -0.294. The summed E-state index contributed by atoms with van der Waals surface area (Å²) in [5, 5.41) is -0.224. The van der Waals surface area contributed by atoms with Gasteiger partial charge in [0.25, 0.3) is 11.1 Å². The SMILES string of the molecule is CCCN1C(=O)S/C(=C/c2cc(I)c(OCc3cccc(F)c3)c(I)c2)C1=O. The van der Waals surface area contributed by atoms with Crippen LogP contribution in [-0.4, -0.2) is 22.6 Å². The Balaban J connectivity index is 1.78. The molecule has 4 nitrogen and oxygen atoms in total. The number of ether oxygens (including phenoxy) is 1. The number of amides is 2. The molecule has 0 N–H and O–H groups in total. The minimum Gasteiger partial charge on any atom is -0.487 e. The van der Waals surface area contributed by atoms with Crippen LogP contribution in [0.1, 0.15) is 24.5 Å². The van der Waals surface area contributed by atoms with E-state index in [0.717, 1.165) is 36.4 Å². The fourth-order valence-corrected chi connectivity index (χ4v) is 5.64. The second-order valence-corrected chi connectivity index (χ2v) is 9.38. The Morgan fingerprint density at radius 3 is 2.54 bits per heavy atom. The first-order chi connectivity index (χ1) is 13.4. The van der Waals surface area contributed by atoms with Crippen molar-refractivity contribution in [2.45, 2.75) is 20.0 Å². The van der Waals surface area contributed by atoms with Crippen LogP contribution >= 0.6 is 56.9 Å². The molecule has 0 atom stereocenters. The maximum Gasteiger partial charge on any atom is 0.293 e. The summed E-state index contributed by atoms with van der Waals surface area (Å²) in [6, 6.07) is 10.1. The molecule has 3 rings (SSSR count). The molecular formula is C20H16FI2NO3S. The Labute approximate surface area is 194 Å². The number of halogens is 3. The predicted molar refractivity (Wildman–Crippen MR) is 126 cm³/mol. The van der Waals surface area contributed by atoms with Gasteiger partial charge in [-0.1, -0.05) is 19.1 Å². The average Bonchev–Trinajstić information content (AvgIpc) is 2.89. The van der Waals surface area contributed by atoms with Gasteiger partial charge in [0.15, 0.2) is 0 Å². The van der Waals surface area contributed by atoms with Crippen LogP contribution in [-0.2, 0) is 11.4 Å². The molecule has 8 heteroatoms. The smallest absolute Gasteiger partial charge is 0.293 e. The van der Waals surface area contributed by atoms with E-state index in [-0.39, 0.29) is 23.6 Å². The number of carbonyl (C=O) groups excluding carboxylic acids is 2. The molecular weight excluding hydrogens is 607 g/mol. The fraction of sp³-hybridized carbons (Fsp3) is 0.200. The lowest BCUT2D eigenvalue weighted by atomic mass is 10.2. The highest BCUT2D eigenvalue weighted by atomic mass is 127. The lowest BCUT2D eigenvalue weighted by Crippen LogP contribution is -2.28. The van der Waals surface area contributed by atoms with Crippen LogP contribution < -0.4 is 4.74 Å². The van der Waals surface area contributed by atoms with E-state index < -0.39 is 0 Å². The first-order valence-electron chi connectivity index (χ1n) is 8.50.